The average Bonchev–Trinajstić information content (AvgIpc) is 0.913. The monoisotopic (exact) mass is 1500 g/mol. The normalized spacial score (nSPS) is 14.6. The van der Waals surface area contributed by atoms with Gasteiger partial charge in [-0.25, -0.2) is 9.13 Å². The van der Waals surface area contributed by atoms with Crippen molar-refractivity contribution in [1.29, 1.82) is 0 Å². The summed E-state index contributed by atoms with van der Waals surface area (Å²) in [5.74, 6) is -2.25. The van der Waals surface area contributed by atoms with Crippen LogP contribution in [-0.4, -0.2) is 96.7 Å². The highest BCUT2D eigenvalue weighted by molar-refractivity contribution is 7.47. The van der Waals surface area contributed by atoms with Crippen LogP contribution in [0.5, 0.6) is 0 Å². The van der Waals surface area contributed by atoms with Gasteiger partial charge in [-0.2, -0.15) is 0 Å². The Bertz CT molecular complexity index is 2490. The predicted octanol–water partition coefficient (Wildman–Crippen LogP) is 23.7. The molecule has 3 N–H and O–H groups in total. The molecule has 0 amide bonds. The molecule has 596 valence electrons. The van der Waals surface area contributed by atoms with Crippen molar-refractivity contribution >= 4 is 39.5 Å². The molecule has 0 spiro atoms. The summed E-state index contributed by atoms with van der Waals surface area (Å²) in [6, 6.07) is 0. The molecule has 0 fully saturated rings. The Labute approximate surface area is 631 Å². The van der Waals surface area contributed by atoms with Gasteiger partial charge in [0.2, 0.25) is 0 Å². The molecule has 0 aromatic carbocycles. The lowest BCUT2D eigenvalue weighted by atomic mass is 10.0. The van der Waals surface area contributed by atoms with Gasteiger partial charge in [0.15, 0.2) is 12.2 Å². The Kier molecular flexibility index (Phi) is 72.9. The Morgan fingerprint density at radius 1 is 0.279 bits per heavy atom. The van der Waals surface area contributed by atoms with Gasteiger partial charge in [0.25, 0.3) is 0 Å². The van der Waals surface area contributed by atoms with Gasteiger partial charge in [0, 0.05) is 25.7 Å². The molecule has 0 saturated heterocycles. The van der Waals surface area contributed by atoms with Crippen LogP contribution in [0.3, 0.4) is 0 Å². The Balaban J connectivity index is 5.39. The largest absolute Gasteiger partial charge is 0.472 e. The first kappa shape index (κ1) is 99.2. The number of carbonyl (C=O) groups is 4. The molecular formula is C85H144O17P2. The fourth-order valence-electron chi connectivity index (χ4n) is 10.5. The van der Waals surface area contributed by atoms with E-state index in [9.17, 15) is 43.2 Å². The van der Waals surface area contributed by atoms with E-state index in [-0.39, 0.29) is 25.7 Å². The fraction of sp³-hybridized carbons (Fsp3) is 0.694. The van der Waals surface area contributed by atoms with Crippen molar-refractivity contribution in [2.45, 2.75) is 341 Å². The van der Waals surface area contributed by atoms with E-state index in [2.05, 4.69) is 161 Å². The Morgan fingerprint density at radius 3 is 0.798 bits per heavy atom. The third-order valence-corrected chi connectivity index (χ3v) is 18.5. The average molecular weight is 1500 g/mol. The molecule has 0 rings (SSSR count). The molecule has 5 atom stereocenters. The minimum absolute atomic E-state index is 0.0744. The summed E-state index contributed by atoms with van der Waals surface area (Å²) in [5, 5.41) is 10.6. The van der Waals surface area contributed by atoms with Gasteiger partial charge in [-0.3, -0.25) is 37.3 Å². The first-order chi connectivity index (χ1) is 50.7. The van der Waals surface area contributed by atoms with Crippen LogP contribution in [0, 0.1) is 0 Å². The topological polar surface area (TPSA) is 237 Å². The van der Waals surface area contributed by atoms with Gasteiger partial charge in [-0.05, 0) is 141 Å². The van der Waals surface area contributed by atoms with Gasteiger partial charge < -0.3 is 33.8 Å². The maximum absolute atomic E-state index is 13.1. The molecule has 0 saturated carbocycles. The molecule has 104 heavy (non-hydrogen) atoms. The number of ether oxygens (including phenoxy) is 4. The van der Waals surface area contributed by atoms with Crippen LogP contribution < -0.4 is 0 Å². The molecule has 19 heteroatoms. The van der Waals surface area contributed by atoms with E-state index in [0.29, 0.717) is 25.7 Å². The number of carbonyl (C=O) groups excluding carboxylic acids is 4. The smallest absolute Gasteiger partial charge is 0.462 e. The number of phosphoric ester groups is 2. The number of rotatable bonds is 75. The zero-order valence-corrected chi connectivity index (χ0v) is 66.9. The van der Waals surface area contributed by atoms with Gasteiger partial charge in [-0.15, -0.1) is 0 Å². The Hall–Kier alpha value is -4.80. The number of aliphatic hydroxyl groups excluding tert-OH is 1. The fourth-order valence-corrected chi connectivity index (χ4v) is 12.1. The van der Waals surface area contributed by atoms with E-state index in [1.54, 1.807) is 0 Å². The number of aliphatic hydroxyl groups is 1. The second-order valence-electron chi connectivity index (χ2n) is 26.6. The van der Waals surface area contributed by atoms with Crippen LogP contribution in [0.2, 0.25) is 0 Å². The number of unbranched alkanes of at least 4 members (excludes halogenated alkanes) is 27. The van der Waals surface area contributed by atoms with Crippen molar-refractivity contribution < 1.29 is 80.2 Å². The lowest BCUT2D eigenvalue weighted by molar-refractivity contribution is -0.161. The van der Waals surface area contributed by atoms with Gasteiger partial charge >= 0.3 is 39.5 Å². The molecule has 0 radical (unpaired) electrons. The molecule has 0 aromatic heterocycles. The third-order valence-electron chi connectivity index (χ3n) is 16.6. The number of hydrogen-bond donors (Lipinski definition) is 3. The highest BCUT2D eigenvalue weighted by atomic mass is 31.2. The minimum Gasteiger partial charge on any atom is -0.462 e. The highest BCUT2D eigenvalue weighted by Gasteiger charge is 2.30. The molecule has 17 nitrogen and oxygen atoms in total. The standard InChI is InChI=1S/C85H144O17P2/c1-5-9-13-17-21-25-29-33-35-37-39-41-43-47-49-53-57-61-65-69-82(87)95-75-80(101-84(89)71-67-63-59-55-51-45-31-27-23-19-15-11-7-3)77-99-103(91,92)97-73-79(86)74-98-104(93,94)100-78-81(102-85(90)72-68-64-60-56-52-46-32-28-24-20-16-12-8-4)76-96-83(88)70-66-62-58-54-50-48-44-42-40-38-36-34-30-26-22-18-14-10-6-2/h9-10,13-14,21-22,25-27,31,33-36,39-42,47-50,79-81,86H,5-8,11-12,15-20,23-24,28-30,32,37-38,43-46,51-78H2,1-4H3,(H,91,92)(H,93,94)/b13-9-,14-10-,25-21-,26-22-,31-27-,35-33-,36-34-,41-39-,42-40-,49-47-,50-48-. The van der Waals surface area contributed by atoms with Crippen LogP contribution in [0.1, 0.15) is 323 Å². The molecule has 0 heterocycles. The van der Waals surface area contributed by atoms with E-state index in [0.717, 1.165) is 167 Å². The van der Waals surface area contributed by atoms with E-state index in [1.165, 1.54) is 77.0 Å². The maximum atomic E-state index is 13.1. The van der Waals surface area contributed by atoms with Crippen LogP contribution in [0.15, 0.2) is 134 Å². The summed E-state index contributed by atoms with van der Waals surface area (Å²) in [7, 11) is -9.98. The van der Waals surface area contributed by atoms with Gasteiger partial charge in [0.1, 0.15) is 19.3 Å². The van der Waals surface area contributed by atoms with Crippen LogP contribution in [0.4, 0.5) is 0 Å². The summed E-state index contributed by atoms with van der Waals surface area (Å²) in [4.78, 5) is 73.0. The van der Waals surface area contributed by atoms with E-state index < -0.39 is 97.5 Å². The lowest BCUT2D eigenvalue weighted by Gasteiger charge is -2.21. The maximum Gasteiger partial charge on any atom is 0.472 e. The predicted molar refractivity (Wildman–Crippen MR) is 427 cm³/mol. The van der Waals surface area contributed by atoms with Gasteiger partial charge in [0.05, 0.1) is 26.4 Å². The van der Waals surface area contributed by atoms with Crippen molar-refractivity contribution in [1.82, 2.24) is 0 Å². The second kappa shape index (κ2) is 76.4. The summed E-state index contributed by atoms with van der Waals surface area (Å²) >= 11 is 0. The van der Waals surface area contributed by atoms with E-state index >= 15 is 0 Å². The quantitative estimate of drug-likeness (QED) is 0.0169. The molecule has 0 aliphatic heterocycles. The summed E-state index contributed by atoms with van der Waals surface area (Å²) < 4.78 is 68.6. The van der Waals surface area contributed by atoms with Crippen molar-refractivity contribution in [2.24, 2.45) is 0 Å². The second-order valence-corrected chi connectivity index (χ2v) is 29.5. The zero-order valence-electron chi connectivity index (χ0n) is 65.2. The van der Waals surface area contributed by atoms with Crippen LogP contribution >= 0.6 is 15.6 Å². The van der Waals surface area contributed by atoms with Crippen LogP contribution in [0.25, 0.3) is 0 Å². The highest BCUT2D eigenvalue weighted by Crippen LogP contribution is 2.45. The third kappa shape index (κ3) is 75.4. The van der Waals surface area contributed by atoms with Crippen molar-refractivity contribution in [3.8, 4) is 0 Å². The first-order valence-electron chi connectivity index (χ1n) is 40.4. The lowest BCUT2D eigenvalue weighted by Crippen LogP contribution is -2.30. The van der Waals surface area contributed by atoms with E-state index in [4.69, 9.17) is 37.0 Å². The van der Waals surface area contributed by atoms with Crippen molar-refractivity contribution in [3.05, 3.63) is 134 Å². The molecule has 0 aromatic rings. The summed E-state index contributed by atoms with van der Waals surface area (Å²) in [6.45, 7) is 4.57. The van der Waals surface area contributed by atoms with E-state index in [1.807, 2.05) is 0 Å². The number of allylic oxidation sites excluding steroid dienone is 22. The molecule has 5 unspecified atom stereocenters. The molecule has 0 bridgehead atoms. The molecule has 0 aliphatic rings. The number of phosphoric acid groups is 2. The Morgan fingerprint density at radius 2 is 0.500 bits per heavy atom. The SMILES string of the molecule is CC/C=C\C/C=C\C/C=C\C/C=C\C/C=C\CCCCCC(=O)OCC(COP(=O)(O)OCC(O)COP(=O)(O)OCC(COC(=O)CCCCC/C=C\C/C=C\C/C=C\C/C=C\C/C=C\CC)OC(=O)CCCCCCCCCCCCCCC)OC(=O)CCCCCCC/C=C\CCCCCC. The van der Waals surface area contributed by atoms with Crippen molar-refractivity contribution in [3.63, 3.8) is 0 Å². The zero-order chi connectivity index (χ0) is 76.0. The molecule has 0 aliphatic carbocycles. The van der Waals surface area contributed by atoms with Crippen molar-refractivity contribution in [2.75, 3.05) is 39.6 Å². The van der Waals surface area contributed by atoms with Crippen LogP contribution in [-0.2, 0) is 65.4 Å². The number of esters is 4. The molecular weight excluding hydrogens is 1350 g/mol. The first-order valence-corrected chi connectivity index (χ1v) is 43.4. The summed E-state index contributed by atoms with van der Waals surface area (Å²) in [5.41, 5.74) is 0. The van der Waals surface area contributed by atoms with Gasteiger partial charge in [-0.1, -0.05) is 290 Å². The summed E-state index contributed by atoms with van der Waals surface area (Å²) in [6.07, 6.45) is 85.7. The number of hydrogen-bond acceptors (Lipinski definition) is 15. The minimum atomic E-state index is -4.99.